The van der Waals surface area contributed by atoms with Gasteiger partial charge in [-0.1, -0.05) is 29.8 Å². The highest BCUT2D eigenvalue weighted by Gasteiger charge is 2.13. The van der Waals surface area contributed by atoms with E-state index in [9.17, 15) is 13.6 Å². The van der Waals surface area contributed by atoms with Gasteiger partial charge in [-0.2, -0.15) is 8.78 Å². The number of carbonyl (C=O) groups excluding carboxylic acids is 1. The highest BCUT2D eigenvalue weighted by molar-refractivity contribution is 6.30. The molecule has 5 nitrogen and oxygen atoms in total. The van der Waals surface area contributed by atoms with Crippen molar-refractivity contribution in [3.63, 3.8) is 0 Å². The third kappa shape index (κ3) is 7.32. The molecule has 0 heterocycles. The zero-order chi connectivity index (χ0) is 20.5. The molecule has 0 atom stereocenters. The number of likely N-dealkylation sites (N-methyl/N-ethyl adjacent to an activating group) is 1. The number of nitrogens with zero attached hydrogens (tertiary/aromatic N) is 1. The Morgan fingerprint density at radius 1 is 1.14 bits per heavy atom. The number of benzene rings is 2. The molecule has 0 fully saturated rings. The van der Waals surface area contributed by atoms with E-state index >= 15 is 0 Å². The first-order valence-corrected chi connectivity index (χ1v) is 9.15. The Balaban J connectivity index is 1.88. The Hall–Kier alpha value is -2.38. The Labute approximate surface area is 168 Å². The van der Waals surface area contributed by atoms with E-state index in [4.69, 9.17) is 16.3 Å². The van der Waals surface area contributed by atoms with Crippen molar-refractivity contribution in [3.8, 4) is 11.5 Å². The molecule has 8 heteroatoms. The molecule has 0 saturated heterocycles. The van der Waals surface area contributed by atoms with E-state index in [0.717, 1.165) is 11.1 Å². The van der Waals surface area contributed by atoms with Gasteiger partial charge in [0.1, 0.15) is 0 Å². The fourth-order valence-electron chi connectivity index (χ4n) is 2.58. The summed E-state index contributed by atoms with van der Waals surface area (Å²) in [4.78, 5) is 13.9. The SMILES string of the molecule is CCOc1cc(CN(C)CC(=O)NCc2ccc(Cl)cc2)ccc1OC(F)F. The number of ether oxygens (including phenoxy) is 2. The first kappa shape index (κ1) is 21.9. The summed E-state index contributed by atoms with van der Waals surface area (Å²) in [6.07, 6.45) is 0. The quantitative estimate of drug-likeness (QED) is 0.638. The molecule has 1 amide bonds. The highest BCUT2D eigenvalue weighted by Crippen LogP contribution is 2.30. The lowest BCUT2D eigenvalue weighted by atomic mass is 10.2. The number of amides is 1. The summed E-state index contributed by atoms with van der Waals surface area (Å²) in [7, 11) is 1.80. The Morgan fingerprint density at radius 2 is 1.82 bits per heavy atom. The number of alkyl halides is 2. The van der Waals surface area contributed by atoms with E-state index in [1.165, 1.54) is 6.07 Å². The second-order valence-electron chi connectivity index (χ2n) is 6.17. The first-order chi connectivity index (χ1) is 13.4. The predicted molar refractivity (Wildman–Crippen MR) is 104 cm³/mol. The Bertz CT molecular complexity index is 773. The molecule has 0 aliphatic rings. The van der Waals surface area contributed by atoms with Crippen molar-refractivity contribution in [1.29, 1.82) is 0 Å². The topological polar surface area (TPSA) is 50.8 Å². The molecule has 0 saturated carbocycles. The van der Waals surface area contributed by atoms with Gasteiger partial charge in [0.25, 0.3) is 0 Å². The maximum absolute atomic E-state index is 12.5. The van der Waals surface area contributed by atoms with E-state index in [1.54, 1.807) is 38.2 Å². The van der Waals surface area contributed by atoms with E-state index < -0.39 is 6.61 Å². The monoisotopic (exact) mass is 412 g/mol. The average molecular weight is 413 g/mol. The lowest BCUT2D eigenvalue weighted by Gasteiger charge is -2.18. The normalized spacial score (nSPS) is 11.0. The largest absolute Gasteiger partial charge is 0.490 e. The Kier molecular flexibility index (Phi) is 8.47. The van der Waals surface area contributed by atoms with E-state index in [-0.39, 0.29) is 24.0 Å². The summed E-state index contributed by atoms with van der Waals surface area (Å²) in [6, 6.07) is 12.0. The molecular weight excluding hydrogens is 390 g/mol. The number of carbonyl (C=O) groups is 1. The van der Waals surface area contributed by atoms with Crippen LogP contribution in [0.1, 0.15) is 18.1 Å². The van der Waals surface area contributed by atoms with Crippen molar-refractivity contribution in [2.24, 2.45) is 0 Å². The average Bonchev–Trinajstić information content (AvgIpc) is 2.63. The Morgan fingerprint density at radius 3 is 2.46 bits per heavy atom. The van der Waals surface area contributed by atoms with Crippen LogP contribution in [0.5, 0.6) is 11.5 Å². The van der Waals surface area contributed by atoms with Crippen LogP contribution in [0.3, 0.4) is 0 Å². The van der Waals surface area contributed by atoms with Gasteiger partial charge in [-0.25, -0.2) is 0 Å². The van der Waals surface area contributed by atoms with Crippen molar-refractivity contribution < 1.29 is 23.0 Å². The fraction of sp³-hybridized carbons (Fsp3) is 0.350. The molecule has 0 aromatic heterocycles. The van der Waals surface area contributed by atoms with Crippen LogP contribution in [0.2, 0.25) is 5.02 Å². The maximum atomic E-state index is 12.5. The summed E-state index contributed by atoms with van der Waals surface area (Å²) in [5.74, 6) is 0.116. The van der Waals surface area contributed by atoms with Crippen LogP contribution < -0.4 is 14.8 Å². The van der Waals surface area contributed by atoms with Gasteiger partial charge >= 0.3 is 6.61 Å². The molecule has 152 valence electrons. The second-order valence-corrected chi connectivity index (χ2v) is 6.60. The van der Waals surface area contributed by atoms with Crippen molar-refractivity contribution in [3.05, 3.63) is 58.6 Å². The molecule has 0 aliphatic heterocycles. The van der Waals surface area contributed by atoms with Crippen LogP contribution in [0.25, 0.3) is 0 Å². The van der Waals surface area contributed by atoms with E-state index in [0.29, 0.717) is 24.7 Å². The van der Waals surface area contributed by atoms with Crippen molar-refractivity contribution in [2.75, 3.05) is 20.2 Å². The van der Waals surface area contributed by atoms with Gasteiger partial charge in [0.15, 0.2) is 11.5 Å². The molecule has 0 spiro atoms. The second kappa shape index (κ2) is 10.8. The number of nitrogens with one attached hydrogen (secondary N) is 1. The molecular formula is C20H23ClF2N2O3. The number of hydrogen-bond acceptors (Lipinski definition) is 4. The van der Waals surface area contributed by atoms with Gasteiger partial charge in [-0.05, 0) is 49.4 Å². The third-order valence-corrected chi connectivity index (χ3v) is 4.04. The molecule has 28 heavy (non-hydrogen) atoms. The maximum Gasteiger partial charge on any atom is 0.387 e. The van der Waals surface area contributed by atoms with E-state index in [1.807, 2.05) is 17.0 Å². The fourth-order valence-corrected chi connectivity index (χ4v) is 2.71. The van der Waals surface area contributed by atoms with Crippen LogP contribution in [0, 0.1) is 0 Å². The summed E-state index contributed by atoms with van der Waals surface area (Å²) in [5, 5.41) is 3.49. The van der Waals surface area contributed by atoms with Gasteiger partial charge in [0.05, 0.1) is 13.2 Å². The van der Waals surface area contributed by atoms with Crippen LogP contribution in [-0.4, -0.2) is 37.6 Å². The zero-order valence-corrected chi connectivity index (χ0v) is 16.5. The van der Waals surface area contributed by atoms with Gasteiger partial charge in [0.2, 0.25) is 5.91 Å². The molecule has 2 aromatic carbocycles. The lowest BCUT2D eigenvalue weighted by Crippen LogP contribution is -2.34. The van der Waals surface area contributed by atoms with Crippen LogP contribution in [-0.2, 0) is 17.9 Å². The minimum absolute atomic E-state index is 0.0102. The molecule has 2 aromatic rings. The predicted octanol–water partition coefficient (Wildman–Crippen LogP) is 4.09. The summed E-state index contributed by atoms with van der Waals surface area (Å²) in [5.41, 5.74) is 1.77. The third-order valence-electron chi connectivity index (χ3n) is 3.79. The molecule has 0 bridgehead atoms. The van der Waals surface area contributed by atoms with Gasteiger partial charge < -0.3 is 14.8 Å². The number of halogens is 3. The van der Waals surface area contributed by atoms with Crippen molar-refractivity contribution >= 4 is 17.5 Å². The van der Waals surface area contributed by atoms with Crippen molar-refractivity contribution in [1.82, 2.24) is 10.2 Å². The zero-order valence-electron chi connectivity index (χ0n) is 15.8. The molecule has 0 unspecified atom stereocenters. The van der Waals surface area contributed by atoms with Gasteiger partial charge in [0, 0.05) is 18.1 Å². The lowest BCUT2D eigenvalue weighted by molar-refractivity contribution is -0.122. The minimum atomic E-state index is -2.92. The summed E-state index contributed by atoms with van der Waals surface area (Å²) < 4.78 is 34.8. The number of rotatable bonds is 10. The summed E-state index contributed by atoms with van der Waals surface area (Å²) >= 11 is 5.84. The standard InChI is InChI=1S/C20H23ClF2N2O3/c1-3-27-18-10-15(6-9-17(18)28-20(22)23)12-25(2)13-19(26)24-11-14-4-7-16(21)8-5-14/h4-10,20H,3,11-13H2,1-2H3,(H,24,26). The van der Waals surface area contributed by atoms with Gasteiger partial charge in [-0.3, -0.25) is 9.69 Å². The first-order valence-electron chi connectivity index (χ1n) is 8.77. The van der Waals surface area contributed by atoms with Crippen molar-refractivity contribution in [2.45, 2.75) is 26.6 Å². The molecule has 0 radical (unpaired) electrons. The number of hydrogen-bond donors (Lipinski definition) is 1. The smallest absolute Gasteiger partial charge is 0.387 e. The minimum Gasteiger partial charge on any atom is -0.490 e. The molecule has 1 N–H and O–H groups in total. The summed E-state index contributed by atoms with van der Waals surface area (Å²) in [6.45, 7) is 0.216. The van der Waals surface area contributed by atoms with Crippen LogP contribution in [0.4, 0.5) is 8.78 Å². The van der Waals surface area contributed by atoms with E-state index in [2.05, 4.69) is 10.1 Å². The van der Waals surface area contributed by atoms with Gasteiger partial charge in [-0.15, -0.1) is 0 Å². The highest BCUT2D eigenvalue weighted by atomic mass is 35.5. The molecule has 2 rings (SSSR count). The molecule has 0 aliphatic carbocycles. The van der Waals surface area contributed by atoms with Crippen LogP contribution in [0.15, 0.2) is 42.5 Å². The van der Waals surface area contributed by atoms with Crippen LogP contribution >= 0.6 is 11.6 Å².